The highest BCUT2D eigenvalue weighted by Gasteiger charge is 2.31. The molecular formula is C38H37ClN4O6S2. The molecule has 1 aliphatic heterocycles. The first kappa shape index (κ1) is 37.3. The summed E-state index contributed by atoms with van der Waals surface area (Å²) in [6, 6.07) is 22.6. The summed E-state index contributed by atoms with van der Waals surface area (Å²) < 4.78 is 5.34. The molecule has 0 spiro atoms. The number of hydrogen-bond donors (Lipinski definition) is 3. The molecule has 1 atom stereocenters. The Kier molecular flexibility index (Phi) is 12.7. The largest absolute Gasteiger partial charge is 0.462 e. The molecule has 13 heteroatoms. The minimum atomic E-state index is -0.567. The summed E-state index contributed by atoms with van der Waals surface area (Å²) in [5.74, 6) is -1.88. The second kappa shape index (κ2) is 17.3. The molecule has 3 N–H and O–H groups in total. The molecule has 2 heterocycles. The Hall–Kier alpha value is -4.91. The lowest BCUT2D eigenvalue weighted by Crippen LogP contribution is -2.34. The maximum absolute atomic E-state index is 13.7. The molecule has 4 amide bonds. The molecule has 0 saturated heterocycles. The Morgan fingerprint density at radius 2 is 1.73 bits per heavy atom. The molecule has 0 bridgehead atoms. The second-order valence-electron chi connectivity index (χ2n) is 11.5. The molecule has 51 heavy (non-hydrogen) atoms. The van der Waals surface area contributed by atoms with Crippen LogP contribution in [0.5, 0.6) is 0 Å². The summed E-state index contributed by atoms with van der Waals surface area (Å²) in [6.45, 7) is 6.16. The highest BCUT2D eigenvalue weighted by molar-refractivity contribution is 8.00. The van der Waals surface area contributed by atoms with Gasteiger partial charge in [-0.1, -0.05) is 61.0 Å². The summed E-state index contributed by atoms with van der Waals surface area (Å²) >= 11 is 8.97. The number of fused-ring (bicyclic) bond motifs is 1. The number of nitrogens with one attached hydrogen (secondary N) is 3. The van der Waals surface area contributed by atoms with Crippen LogP contribution >= 0.6 is 34.7 Å². The lowest BCUT2D eigenvalue weighted by atomic mass is 10.0. The van der Waals surface area contributed by atoms with Crippen LogP contribution in [0.15, 0.2) is 89.5 Å². The van der Waals surface area contributed by atoms with Gasteiger partial charge in [0.1, 0.15) is 10.7 Å². The maximum atomic E-state index is 13.7. The zero-order valence-corrected chi connectivity index (χ0v) is 30.7. The fourth-order valence-electron chi connectivity index (χ4n) is 5.39. The zero-order valence-electron chi connectivity index (χ0n) is 28.3. The van der Waals surface area contributed by atoms with Crippen molar-refractivity contribution in [1.29, 1.82) is 0 Å². The van der Waals surface area contributed by atoms with E-state index in [1.807, 2.05) is 13.0 Å². The number of thiophene rings is 1. The SMILES string of the molecule is CCOC(=O)c1c(NC(=O)C(CC)Sc2cccc(NC(=O)/C(=C\c3ccccc3Cl)NC(=O)c3ccccc3)c2)sc2c1CCN(C(C)=O)C2. The highest BCUT2D eigenvalue weighted by Crippen LogP contribution is 2.39. The summed E-state index contributed by atoms with van der Waals surface area (Å²) in [5.41, 5.74) is 2.52. The number of carbonyl (C=O) groups excluding carboxylic acids is 5. The van der Waals surface area contributed by atoms with Crippen molar-refractivity contribution >= 4 is 81.1 Å². The third-order valence-electron chi connectivity index (χ3n) is 7.99. The summed E-state index contributed by atoms with van der Waals surface area (Å²) in [5, 5.41) is 8.81. The number of amides is 4. The van der Waals surface area contributed by atoms with Gasteiger partial charge in [-0.2, -0.15) is 0 Å². The third-order valence-corrected chi connectivity index (χ3v) is 10.8. The lowest BCUT2D eigenvalue weighted by Gasteiger charge is -2.25. The predicted molar refractivity (Wildman–Crippen MR) is 202 cm³/mol. The van der Waals surface area contributed by atoms with Gasteiger partial charge in [0.25, 0.3) is 11.8 Å². The van der Waals surface area contributed by atoms with Gasteiger partial charge in [-0.25, -0.2) is 4.79 Å². The molecule has 1 aliphatic rings. The number of esters is 1. The Morgan fingerprint density at radius 1 is 0.980 bits per heavy atom. The van der Waals surface area contributed by atoms with E-state index in [9.17, 15) is 24.0 Å². The van der Waals surface area contributed by atoms with Crippen LogP contribution in [0.1, 0.15) is 63.9 Å². The van der Waals surface area contributed by atoms with Crippen LogP contribution in [0.25, 0.3) is 6.08 Å². The summed E-state index contributed by atoms with van der Waals surface area (Å²) in [7, 11) is 0. The standard InChI is InChI=1S/C38H37ClN4O6S2/c1-4-31(36(47)42-37-33(38(48)49-5-2)28-18-19-43(23(3)44)22-32(28)51-37)50-27-16-11-15-26(21-27)40-35(46)30(20-25-14-9-10-17-29(25)39)41-34(45)24-12-7-6-8-13-24/h6-17,20-21,31H,4-5,18-19,22H2,1-3H3,(H,40,46)(H,41,45)(H,42,47)/b30-20+. The third kappa shape index (κ3) is 9.46. The van der Waals surface area contributed by atoms with E-state index in [1.54, 1.807) is 84.6 Å². The first-order valence-corrected chi connectivity index (χ1v) is 18.4. The quantitative estimate of drug-likeness (QED) is 0.0782. The first-order chi connectivity index (χ1) is 24.6. The molecule has 264 valence electrons. The first-order valence-electron chi connectivity index (χ1n) is 16.4. The molecule has 0 aliphatic carbocycles. The van der Waals surface area contributed by atoms with Gasteiger partial charge in [-0.05, 0) is 73.4 Å². The van der Waals surface area contributed by atoms with Crippen molar-refractivity contribution in [2.75, 3.05) is 23.8 Å². The normalized spacial score (nSPS) is 13.1. The fraction of sp³-hybridized carbons (Fsp3) is 0.237. The number of anilines is 2. The van der Waals surface area contributed by atoms with Gasteiger partial charge >= 0.3 is 5.97 Å². The van der Waals surface area contributed by atoms with E-state index in [2.05, 4.69) is 16.0 Å². The van der Waals surface area contributed by atoms with E-state index < -0.39 is 23.0 Å². The van der Waals surface area contributed by atoms with Crippen molar-refractivity contribution in [3.05, 3.63) is 117 Å². The van der Waals surface area contributed by atoms with Crippen molar-refractivity contribution in [1.82, 2.24) is 10.2 Å². The number of benzene rings is 3. The molecule has 3 aromatic carbocycles. The van der Waals surface area contributed by atoms with Gasteiger partial charge in [0.05, 0.1) is 24.0 Å². The number of hydrogen-bond acceptors (Lipinski definition) is 8. The Morgan fingerprint density at radius 3 is 2.43 bits per heavy atom. The highest BCUT2D eigenvalue weighted by atomic mass is 35.5. The monoisotopic (exact) mass is 744 g/mol. The number of carbonyl (C=O) groups is 5. The van der Waals surface area contributed by atoms with E-state index in [0.29, 0.717) is 63.2 Å². The van der Waals surface area contributed by atoms with E-state index in [-0.39, 0.29) is 24.1 Å². The minimum Gasteiger partial charge on any atom is -0.462 e. The van der Waals surface area contributed by atoms with Gasteiger partial charge in [-0.3, -0.25) is 19.2 Å². The topological polar surface area (TPSA) is 134 Å². The van der Waals surface area contributed by atoms with Crippen LogP contribution in [0, 0.1) is 0 Å². The van der Waals surface area contributed by atoms with Gasteiger partial charge in [0.15, 0.2) is 0 Å². The molecule has 0 radical (unpaired) electrons. The lowest BCUT2D eigenvalue weighted by molar-refractivity contribution is -0.129. The van der Waals surface area contributed by atoms with Crippen molar-refractivity contribution in [3.8, 4) is 0 Å². The van der Waals surface area contributed by atoms with E-state index >= 15 is 0 Å². The molecule has 4 aromatic rings. The van der Waals surface area contributed by atoms with Gasteiger partial charge in [0.2, 0.25) is 11.8 Å². The number of ether oxygens (including phenoxy) is 1. The summed E-state index contributed by atoms with van der Waals surface area (Å²) in [4.78, 5) is 68.6. The predicted octanol–water partition coefficient (Wildman–Crippen LogP) is 7.40. The van der Waals surface area contributed by atoms with Crippen LogP contribution < -0.4 is 16.0 Å². The molecule has 10 nitrogen and oxygen atoms in total. The molecule has 0 fully saturated rings. The van der Waals surface area contributed by atoms with Crippen LogP contribution in [0.4, 0.5) is 10.7 Å². The van der Waals surface area contributed by atoms with E-state index in [0.717, 1.165) is 10.4 Å². The van der Waals surface area contributed by atoms with Crippen LogP contribution in [0.2, 0.25) is 5.02 Å². The number of rotatable bonds is 12. The number of halogens is 1. The van der Waals surface area contributed by atoms with Gasteiger partial charge < -0.3 is 25.6 Å². The number of thioether (sulfide) groups is 1. The zero-order chi connectivity index (χ0) is 36.5. The molecule has 1 unspecified atom stereocenters. The number of nitrogens with zero attached hydrogens (tertiary/aromatic N) is 1. The molecular weight excluding hydrogens is 708 g/mol. The fourth-order valence-corrected chi connectivity index (χ4v) is 7.85. The van der Waals surface area contributed by atoms with Crippen molar-refractivity contribution in [2.45, 2.75) is 50.3 Å². The van der Waals surface area contributed by atoms with Crippen molar-refractivity contribution < 1.29 is 28.7 Å². The molecule has 5 rings (SSSR count). The van der Waals surface area contributed by atoms with Gasteiger partial charge in [0, 0.05) is 39.5 Å². The average molecular weight is 745 g/mol. The van der Waals surface area contributed by atoms with Crippen LogP contribution in [-0.4, -0.2) is 52.9 Å². The van der Waals surface area contributed by atoms with Crippen molar-refractivity contribution in [2.24, 2.45) is 0 Å². The van der Waals surface area contributed by atoms with E-state index in [4.69, 9.17) is 16.3 Å². The second-order valence-corrected chi connectivity index (χ2v) is 14.3. The van der Waals surface area contributed by atoms with E-state index in [1.165, 1.54) is 36.1 Å². The Labute approximate surface area is 309 Å². The molecule has 1 aromatic heterocycles. The Bertz CT molecular complexity index is 1980. The summed E-state index contributed by atoms with van der Waals surface area (Å²) in [6.07, 6.45) is 2.48. The average Bonchev–Trinajstić information content (AvgIpc) is 3.48. The Balaban J connectivity index is 1.33. The smallest absolute Gasteiger partial charge is 0.341 e. The minimum absolute atomic E-state index is 0.0108. The van der Waals surface area contributed by atoms with Crippen LogP contribution in [0.3, 0.4) is 0 Å². The van der Waals surface area contributed by atoms with Gasteiger partial charge in [-0.15, -0.1) is 23.1 Å². The van der Waals surface area contributed by atoms with Crippen LogP contribution in [-0.2, 0) is 32.1 Å². The van der Waals surface area contributed by atoms with Crippen molar-refractivity contribution in [3.63, 3.8) is 0 Å². The molecule has 0 saturated carbocycles. The maximum Gasteiger partial charge on any atom is 0.341 e.